The van der Waals surface area contributed by atoms with Crippen molar-refractivity contribution in [3.05, 3.63) is 0 Å². The minimum absolute atomic E-state index is 1.11. The Hall–Kier alpha value is 0. The van der Waals surface area contributed by atoms with Crippen LogP contribution in [0.1, 0.15) is 58.3 Å². The van der Waals surface area contributed by atoms with E-state index in [1.165, 1.54) is 12.8 Å². The van der Waals surface area contributed by atoms with E-state index in [0.29, 0.717) is 0 Å². The van der Waals surface area contributed by atoms with Crippen LogP contribution in [0.25, 0.3) is 0 Å². The maximum atomic E-state index is 2.34. The summed E-state index contributed by atoms with van der Waals surface area (Å²) in [4.78, 5) is 0. The van der Waals surface area contributed by atoms with Crippen LogP contribution in [0.15, 0.2) is 0 Å². The number of hydrogen-bond donors (Lipinski definition) is 0. The highest BCUT2D eigenvalue weighted by atomic mass is 14.3. The summed E-state index contributed by atoms with van der Waals surface area (Å²) in [5.74, 6) is 3.39. The topological polar surface area (TPSA) is 0 Å². The van der Waals surface area contributed by atoms with E-state index in [0.717, 1.165) is 17.8 Å². The van der Waals surface area contributed by atoms with Crippen LogP contribution in [0, 0.1) is 17.8 Å². The summed E-state index contributed by atoms with van der Waals surface area (Å²) in [6.07, 6.45) is 12.3. The highest BCUT2D eigenvalue weighted by molar-refractivity contribution is 4.80. The molecule has 2 aliphatic carbocycles. The van der Waals surface area contributed by atoms with Crippen LogP contribution in [0.4, 0.5) is 0 Å². The van der Waals surface area contributed by atoms with Gasteiger partial charge in [-0.1, -0.05) is 45.4 Å². The Bertz CT molecular complexity index is 129. The molecule has 0 spiro atoms. The van der Waals surface area contributed by atoms with E-state index in [1.807, 2.05) is 0 Å². The van der Waals surface area contributed by atoms with Gasteiger partial charge in [0.1, 0.15) is 0 Å². The quantitative estimate of drug-likeness (QED) is 0.592. The molecule has 0 aliphatic heterocycles. The lowest BCUT2D eigenvalue weighted by atomic mass is 9.69. The lowest BCUT2D eigenvalue weighted by Gasteiger charge is -2.36. The molecular formula is C12H22. The molecule has 0 aromatic rings. The molecule has 2 rings (SSSR count). The summed E-state index contributed by atoms with van der Waals surface area (Å²) in [7, 11) is 0. The van der Waals surface area contributed by atoms with Gasteiger partial charge in [0.15, 0.2) is 0 Å². The van der Waals surface area contributed by atoms with E-state index in [2.05, 4.69) is 6.92 Å². The van der Waals surface area contributed by atoms with Crippen molar-refractivity contribution in [1.82, 2.24) is 0 Å². The van der Waals surface area contributed by atoms with Crippen molar-refractivity contribution in [2.24, 2.45) is 17.8 Å². The Morgan fingerprint density at radius 2 is 1.58 bits per heavy atom. The third kappa shape index (κ3) is 1.84. The average molecular weight is 166 g/mol. The largest absolute Gasteiger partial charge is 0.0651 e. The molecule has 0 N–H and O–H groups in total. The molecule has 2 aliphatic rings. The Morgan fingerprint density at radius 1 is 0.917 bits per heavy atom. The van der Waals surface area contributed by atoms with Crippen LogP contribution < -0.4 is 0 Å². The van der Waals surface area contributed by atoms with Gasteiger partial charge in [0, 0.05) is 0 Å². The zero-order valence-corrected chi connectivity index (χ0v) is 8.39. The smallest absolute Gasteiger partial charge is 0.0409 e. The van der Waals surface area contributed by atoms with Crippen molar-refractivity contribution in [2.45, 2.75) is 58.3 Å². The summed E-state index contributed by atoms with van der Waals surface area (Å²) >= 11 is 0. The Labute approximate surface area is 76.7 Å². The zero-order valence-electron chi connectivity index (χ0n) is 8.39. The molecule has 0 heterocycles. The fourth-order valence-electron chi connectivity index (χ4n) is 2.70. The molecule has 0 nitrogen and oxygen atoms in total. The Kier molecular flexibility index (Phi) is 2.73. The monoisotopic (exact) mass is 166 g/mol. The van der Waals surface area contributed by atoms with Gasteiger partial charge in [-0.15, -0.1) is 0 Å². The normalized spacial score (nSPS) is 35.8. The first-order valence-corrected chi connectivity index (χ1v) is 5.88. The molecule has 2 fully saturated rings. The highest BCUT2D eigenvalue weighted by Crippen LogP contribution is 2.41. The Morgan fingerprint density at radius 3 is 2.08 bits per heavy atom. The molecule has 0 heteroatoms. The van der Waals surface area contributed by atoms with Gasteiger partial charge in [-0.05, 0) is 30.6 Å². The SMILES string of the molecule is CCC1CC(CCC2CCC2)C1. The van der Waals surface area contributed by atoms with Gasteiger partial charge in [-0.25, -0.2) is 0 Å². The van der Waals surface area contributed by atoms with E-state index < -0.39 is 0 Å². The molecule has 0 atom stereocenters. The molecule has 0 radical (unpaired) electrons. The van der Waals surface area contributed by atoms with Gasteiger partial charge in [0.05, 0.1) is 0 Å². The van der Waals surface area contributed by atoms with E-state index in [9.17, 15) is 0 Å². The molecule has 0 unspecified atom stereocenters. The summed E-state index contributed by atoms with van der Waals surface area (Å²) in [5, 5.41) is 0. The van der Waals surface area contributed by atoms with E-state index in [1.54, 1.807) is 38.5 Å². The van der Waals surface area contributed by atoms with Crippen molar-refractivity contribution >= 4 is 0 Å². The minimum atomic E-state index is 1.11. The third-order valence-electron chi connectivity index (χ3n) is 4.12. The highest BCUT2D eigenvalue weighted by Gasteiger charge is 2.28. The first-order valence-electron chi connectivity index (χ1n) is 5.88. The molecule has 2 saturated carbocycles. The van der Waals surface area contributed by atoms with E-state index in [-0.39, 0.29) is 0 Å². The fourth-order valence-corrected chi connectivity index (χ4v) is 2.70. The van der Waals surface area contributed by atoms with Gasteiger partial charge < -0.3 is 0 Å². The standard InChI is InChI=1S/C12H22/c1-2-10-8-12(9-10)7-6-11-4-3-5-11/h10-12H,2-9H2,1H3. The lowest BCUT2D eigenvalue weighted by molar-refractivity contribution is 0.154. The second kappa shape index (κ2) is 3.81. The predicted molar refractivity (Wildman–Crippen MR) is 53.1 cm³/mol. The minimum Gasteiger partial charge on any atom is -0.0651 e. The van der Waals surface area contributed by atoms with Crippen LogP contribution >= 0.6 is 0 Å². The van der Waals surface area contributed by atoms with Gasteiger partial charge in [0.25, 0.3) is 0 Å². The maximum Gasteiger partial charge on any atom is -0.0409 e. The third-order valence-corrected chi connectivity index (χ3v) is 4.12. The van der Waals surface area contributed by atoms with Gasteiger partial charge in [0.2, 0.25) is 0 Å². The van der Waals surface area contributed by atoms with Gasteiger partial charge in [-0.2, -0.15) is 0 Å². The predicted octanol–water partition coefficient (Wildman–Crippen LogP) is 4.00. The summed E-state index contributed by atoms with van der Waals surface area (Å²) < 4.78 is 0. The van der Waals surface area contributed by atoms with Crippen LogP contribution in [0.5, 0.6) is 0 Å². The molecule has 0 aromatic carbocycles. The second-order valence-corrected chi connectivity index (χ2v) is 4.99. The lowest BCUT2D eigenvalue weighted by Crippen LogP contribution is -2.24. The molecule has 0 bridgehead atoms. The molecule has 0 amide bonds. The van der Waals surface area contributed by atoms with E-state index in [4.69, 9.17) is 0 Å². The molecule has 0 saturated heterocycles. The summed E-state index contributed by atoms with van der Waals surface area (Å²) in [5.41, 5.74) is 0. The van der Waals surface area contributed by atoms with E-state index >= 15 is 0 Å². The zero-order chi connectivity index (χ0) is 8.39. The molecule has 12 heavy (non-hydrogen) atoms. The first-order chi connectivity index (χ1) is 5.88. The van der Waals surface area contributed by atoms with Crippen LogP contribution in [0.2, 0.25) is 0 Å². The van der Waals surface area contributed by atoms with Gasteiger partial charge in [-0.3, -0.25) is 0 Å². The number of rotatable bonds is 4. The number of hydrogen-bond acceptors (Lipinski definition) is 0. The van der Waals surface area contributed by atoms with Crippen LogP contribution in [-0.2, 0) is 0 Å². The van der Waals surface area contributed by atoms with Crippen molar-refractivity contribution < 1.29 is 0 Å². The second-order valence-electron chi connectivity index (χ2n) is 4.99. The van der Waals surface area contributed by atoms with Crippen molar-refractivity contribution in [3.8, 4) is 0 Å². The average Bonchev–Trinajstić information content (AvgIpc) is 1.90. The fraction of sp³-hybridized carbons (Fsp3) is 1.00. The van der Waals surface area contributed by atoms with Gasteiger partial charge >= 0.3 is 0 Å². The molecular weight excluding hydrogens is 144 g/mol. The van der Waals surface area contributed by atoms with Crippen molar-refractivity contribution in [2.75, 3.05) is 0 Å². The summed E-state index contributed by atoms with van der Waals surface area (Å²) in [6.45, 7) is 2.34. The molecule has 70 valence electrons. The maximum absolute atomic E-state index is 2.34. The van der Waals surface area contributed by atoms with Crippen molar-refractivity contribution in [3.63, 3.8) is 0 Å². The van der Waals surface area contributed by atoms with Crippen LogP contribution in [-0.4, -0.2) is 0 Å². The van der Waals surface area contributed by atoms with Crippen molar-refractivity contribution in [1.29, 1.82) is 0 Å². The Balaban J connectivity index is 1.51. The first kappa shape index (κ1) is 8.59. The summed E-state index contributed by atoms with van der Waals surface area (Å²) in [6, 6.07) is 0. The van der Waals surface area contributed by atoms with Crippen LogP contribution in [0.3, 0.4) is 0 Å². The molecule has 0 aromatic heterocycles.